The van der Waals surface area contributed by atoms with Crippen LogP contribution in [0.5, 0.6) is 5.75 Å². The number of benzene rings is 1. The number of nitrogens with zero attached hydrogens (tertiary/aromatic N) is 1. The van der Waals surface area contributed by atoms with Gasteiger partial charge in [0.2, 0.25) is 0 Å². The van der Waals surface area contributed by atoms with Gasteiger partial charge in [-0.1, -0.05) is 12.1 Å². The smallest absolute Gasteiger partial charge is 0.322 e. The average molecular weight is 263 g/mol. The van der Waals surface area contributed by atoms with Gasteiger partial charge in [0.25, 0.3) is 0 Å². The Balaban J connectivity index is 2.09. The van der Waals surface area contributed by atoms with E-state index in [1.54, 1.807) is 7.11 Å². The van der Waals surface area contributed by atoms with Crippen molar-refractivity contribution in [2.75, 3.05) is 14.2 Å². The molecule has 0 radical (unpaired) electrons. The van der Waals surface area contributed by atoms with E-state index in [0.717, 1.165) is 30.7 Å². The first-order valence-corrected chi connectivity index (χ1v) is 6.62. The molecular formula is C15H21NO3. The molecule has 0 spiro atoms. The third kappa shape index (κ3) is 3.47. The van der Waals surface area contributed by atoms with Crippen LogP contribution in [0.2, 0.25) is 0 Å². The standard InChI is InChI=1S/C15H21NO3/c1-11(15(17)19-3)16(13-7-8-13)10-12-5-4-6-14(9-12)18-2/h4-6,9,11,13H,7-8,10H2,1-3H3/t11-/m0/s1. The molecule has 0 N–H and O–H groups in total. The minimum atomic E-state index is -0.205. The molecule has 0 aromatic heterocycles. The summed E-state index contributed by atoms with van der Waals surface area (Å²) in [5.41, 5.74) is 1.15. The normalized spacial score (nSPS) is 16.2. The molecule has 1 fully saturated rings. The second kappa shape index (κ2) is 6.06. The molecule has 1 saturated carbocycles. The van der Waals surface area contributed by atoms with Crippen LogP contribution in [-0.4, -0.2) is 37.2 Å². The van der Waals surface area contributed by atoms with Crippen molar-refractivity contribution in [2.24, 2.45) is 0 Å². The topological polar surface area (TPSA) is 38.8 Å². The molecule has 1 aliphatic carbocycles. The summed E-state index contributed by atoms with van der Waals surface area (Å²) in [5.74, 6) is 0.675. The lowest BCUT2D eigenvalue weighted by molar-refractivity contribution is -0.146. The highest BCUT2D eigenvalue weighted by Crippen LogP contribution is 2.30. The largest absolute Gasteiger partial charge is 0.497 e. The molecule has 104 valence electrons. The number of ether oxygens (including phenoxy) is 2. The lowest BCUT2D eigenvalue weighted by atomic mass is 10.1. The van der Waals surface area contributed by atoms with Gasteiger partial charge < -0.3 is 9.47 Å². The van der Waals surface area contributed by atoms with Crippen molar-refractivity contribution < 1.29 is 14.3 Å². The highest BCUT2D eigenvalue weighted by molar-refractivity contribution is 5.75. The highest BCUT2D eigenvalue weighted by Gasteiger charge is 2.35. The molecule has 0 amide bonds. The van der Waals surface area contributed by atoms with Crippen molar-refractivity contribution in [3.8, 4) is 5.75 Å². The van der Waals surface area contributed by atoms with Crippen LogP contribution in [0.25, 0.3) is 0 Å². The molecule has 0 aliphatic heterocycles. The Bertz CT molecular complexity index is 443. The van der Waals surface area contributed by atoms with Crippen LogP contribution in [0.4, 0.5) is 0 Å². The molecule has 1 aromatic rings. The summed E-state index contributed by atoms with van der Waals surface area (Å²) < 4.78 is 10.1. The van der Waals surface area contributed by atoms with Crippen LogP contribution >= 0.6 is 0 Å². The maximum absolute atomic E-state index is 11.7. The molecular weight excluding hydrogens is 242 g/mol. The van der Waals surface area contributed by atoms with Crippen molar-refractivity contribution in [1.82, 2.24) is 4.90 Å². The fraction of sp³-hybridized carbons (Fsp3) is 0.533. The van der Waals surface area contributed by atoms with E-state index >= 15 is 0 Å². The minimum absolute atomic E-state index is 0.171. The van der Waals surface area contributed by atoms with E-state index < -0.39 is 0 Å². The Morgan fingerprint density at radius 2 is 2.16 bits per heavy atom. The second-order valence-electron chi connectivity index (χ2n) is 4.95. The van der Waals surface area contributed by atoms with Crippen LogP contribution in [0.3, 0.4) is 0 Å². The third-order valence-corrected chi connectivity index (χ3v) is 3.55. The van der Waals surface area contributed by atoms with E-state index in [-0.39, 0.29) is 12.0 Å². The molecule has 4 heteroatoms. The first-order chi connectivity index (χ1) is 9.15. The highest BCUT2D eigenvalue weighted by atomic mass is 16.5. The molecule has 2 rings (SSSR count). The van der Waals surface area contributed by atoms with Crippen LogP contribution in [-0.2, 0) is 16.1 Å². The molecule has 1 aliphatic rings. The predicted molar refractivity (Wildman–Crippen MR) is 73.0 cm³/mol. The Morgan fingerprint density at radius 3 is 2.74 bits per heavy atom. The Labute approximate surface area is 114 Å². The quantitative estimate of drug-likeness (QED) is 0.738. The minimum Gasteiger partial charge on any atom is -0.497 e. The second-order valence-corrected chi connectivity index (χ2v) is 4.95. The Morgan fingerprint density at radius 1 is 1.42 bits per heavy atom. The molecule has 0 heterocycles. The van der Waals surface area contributed by atoms with Gasteiger partial charge in [0.1, 0.15) is 11.8 Å². The van der Waals surface area contributed by atoms with Gasteiger partial charge in [-0.25, -0.2) is 0 Å². The lowest BCUT2D eigenvalue weighted by Gasteiger charge is -2.27. The number of methoxy groups -OCH3 is 2. The van der Waals surface area contributed by atoms with Gasteiger partial charge in [0.15, 0.2) is 0 Å². The van der Waals surface area contributed by atoms with E-state index in [9.17, 15) is 4.79 Å². The van der Waals surface area contributed by atoms with Gasteiger partial charge in [0, 0.05) is 12.6 Å². The van der Waals surface area contributed by atoms with Crippen molar-refractivity contribution >= 4 is 5.97 Å². The number of hydrogen-bond acceptors (Lipinski definition) is 4. The zero-order valence-corrected chi connectivity index (χ0v) is 11.8. The summed E-state index contributed by atoms with van der Waals surface area (Å²) in [6, 6.07) is 8.27. The van der Waals surface area contributed by atoms with E-state index in [1.807, 2.05) is 25.1 Å². The summed E-state index contributed by atoms with van der Waals surface area (Å²) in [6.45, 7) is 2.66. The first-order valence-electron chi connectivity index (χ1n) is 6.62. The fourth-order valence-electron chi connectivity index (χ4n) is 2.28. The summed E-state index contributed by atoms with van der Waals surface area (Å²) in [5, 5.41) is 0. The number of hydrogen-bond donors (Lipinski definition) is 0. The number of rotatable bonds is 6. The number of esters is 1. The van der Waals surface area contributed by atoms with E-state index in [0.29, 0.717) is 6.04 Å². The summed E-state index contributed by atoms with van der Waals surface area (Å²) in [4.78, 5) is 13.9. The van der Waals surface area contributed by atoms with Crippen molar-refractivity contribution in [1.29, 1.82) is 0 Å². The molecule has 0 unspecified atom stereocenters. The Hall–Kier alpha value is -1.55. The number of carbonyl (C=O) groups excluding carboxylic acids is 1. The van der Waals surface area contributed by atoms with Crippen LogP contribution in [0.1, 0.15) is 25.3 Å². The molecule has 0 bridgehead atoms. The van der Waals surface area contributed by atoms with Gasteiger partial charge in [-0.3, -0.25) is 9.69 Å². The monoisotopic (exact) mass is 263 g/mol. The SMILES string of the molecule is COC(=O)[C@H](C)N(Cc1cccc(OC)c1)C1CC1. The van der Waals surface area contributed by atoms with Crippen LogP contribution in [0, 0.1) is 0 Å². The van der Waals surface area contributed by atoms with Gasteiger partial charge >= 0.3 is 5.97 Å². The zero-order chi connectivity index (χ0) is 13.8. The summed E-state index contributed by atoms with van der Waals surface area (Å²) in [6.07, 6.45) is 2.32. The number of carbonyl (C=O) groups is 1. The van der Waals surface area contributed by atoms with Crippen molar-refractivity contribution in [3.05, 3.63) is 29.8 Å². The maximum Gasteiger partial charge on any atom is 0.322 e. The van der Waals surface area contributed by atoms with E-state index in [2.05, 4.69) is 11.0 Å². The molecule has 4 nitrogen and oxygen atoms in total. The predicted octanol–water partition coefficient (Wildman–Crippen LogP) is 2.22. The van der Waals surface area contributed by atoms with Gasteiger partial charge in [-0.05, 0) is 37.5 Å². The van der Waals surface area contributed by atoms with Gasteiger partial charge in [-0.15, -0.1) is 0 Å². The van der Waals surface area contributed by atoms with Gasteiger partial charge in [0.05, 0.1) is 14.2 Å². The van der Waals surface area contributed by atoms with E-state index in [4.69, 9.17) is 9.47 Å². The Kier molecular flexibility index (Phi) is 4.43. The molecule has 0 saturated heterocycles. The molecule has 19 heavy (non-hydrogen) atoms. The van der Waals surface area contributed by atoms with E-state index in [1.165, 1.54) is 7.11 Å². The van der Waals surface area contributed by atoms with Crippen molar-refractivity contribution in [2.45, 2.75) is 38.4 Å². The summed E-state index contributed by atoms with van der Waals surface area (Å²) in [7, 11) is 3.10. The molecule has 1 aromatic carbocycles. The fourth-order valence-corrected chi connectivity index (χ4v) is 2.28. The average Bonchev–Trinajstić information content (AvgIpc) is 3.28. The zero-order valence-electron chi connectivity index (χ0n) is 11.8. The third-order valence-electron chi connectivity index (χ3n) is 3.55. The lowest BCUT2D eigenvalue weighted by Crippen LogP contribution is -2.40. The van der Waals surface area contributed by atoms with Crippen LogP contribution in [0.15, 0.2) is 24.3 Å². The van der Waals surface area contributed by atoms with Gasteiger partial charge in [-0.2, -0.15) is 0 Å². The van der Waals surface area contributed by atoms with Crippen LogP contribution < -0.4 is 4.74 Å². The molecule has 1 atom stereocenters. The maximum atomic E-state index is 11.7. The summed E-state index contributed by atoms with van der Waals surface area (Å²) >= 11 is 0. The van der Waals surface area contributed by atoms with Crippen molar-refractivity contribution in [3.63, 3.8) is 0 Å². The first kappa shape index (κ1) is 13.9.